The summed E-state index contributed by atoms with van der Waals surface area (Å²) in [6.45, 7) is 16.8. The van der Waals surface area contributed by atoms with Crippen molar-refractivity contribution in [3.8, 4) is 0 Å². The van der Waals surface area contributed by atoms with Gasteiger partial charge in [0.05, 0.1) is 0 Å². The van der Waals surface area contributed by atoms with Gasteiger partial charge in [0.2, 0.25) is 0 Å². The molecule has 2 rings (SSSR count). The summed E-state index contributed by atoms with van der Waals surface area (Å²) >= 11 is 0. The van der Waals surface area contributed by atoms with Crippen molar-refractivity contribution in [2.24, 2.45) is 0 Å². The smallest absolute Gasteiger partial charge is 0.0493 e. The highest BCUT2D eigenvalue weighted by Gasteiger charge is 2.19. The van der Waals surface area contributed by atoms with E-state index in [9.17, 15) is 0 Å². The average Bonchev–Trinajstić information content (AvgIpc) is 2.63. The van der Waals surface area contributed by atoms with Crippen molar-refractivity contribution in [3.63, 3.8) is 0 Å². The Bertz CT molecular complexity index is 769. The molecule has 0 aliphatic carbocycles. The van der Waals surface area contributed by atoms with Crippen LogP contribution in [0.25, 0.3) is 0 Å². The second-order valence-corrected chi connectivity index (χ2v) is 6.07. The lowest BCUT2D eigenvalue weighted by Gasteiger charge is -2.31. The normalized spacial score (nSPS) is 21.3. The zero-order valence-electron chi connectivity index (χ0n) is 15.3. The van der Waals surface area contributed by atoms with Gasteiger partial charge in [-0.25, -0.2) is 0 Å². The largest absolute Gasteiger partial charge is 0.311 e. The highest BCUT2D eigenvalue weighted by atomic mass is 15.2. The summed E-state index contributed by atoms with van der Waals surface area (Å²) < 4.78 is 0. The average molecular weight is 317 g/mol. The lowest BCUT2D eigenvalue weighted by atomic mass is 9.99. The Morgan fingerprint density at radius 3 is 2.50 bits per heavy atom. The van der Waals surface area contributed by atoms with E-state index in [0.29, 0.717) is 0 Å². The third-order valence-electron chi connectivity index (χ3n) is 4.59. The third-order valence-corrected chi connectivity index (χ3v) is 4.59. The number of hydrogen-bond donors (Lipinski definition) is 0. The minimum absolute atomic E-state index is 0.865. The minimum Gasteiger partial charge on any atom is -0.311 e. The molecule has 1 aliphatic rings. The van der Waals surface area contributed by atoms with Crippen molar-refractivity contribution < 1.29 is 0 Å². The zero-order valence-corrected chi connectivity index (χ0v) is 15.3. The van der Waals surface area contributed by atoms with Gasteiger partial charge in [-0.1, -0.05) is 55.7 Å². The molecule has 1 aromatic carbocycles. The van der Waals surface area contributed by atoms with E-state index in [-0.39, 0.29) is 0 Å². The molecule has 0 bridgehead atoms. The molecule has 0 saturated carbocycles. The summed E-state index contributed by atoms with van der Waals surface area (Å²) in [4.78, 5) is 2.25. The molecule has 1 heteroatoms. The number of aryl methyl sites for hydroxylation is 1. The van der Waals surface area contributed by atoms with Gasteiger partial charge in [0, 0.05) is 17.1 Å². The fraction of sp³-hybridized carbons (Fsp3) is 0.217. The Morgan fingerprint density at radius 1 is 1.08 bits per heavy atom. The van der Waals surface area contributed by atoms with Gasteiger partial charge in [0.1, 0.15) is 0 Å². The molecule has 0 saturated heterocycles. The van der Waals surface area contributed by atoms with Crippen molar-refractivity contribution in [1.29, 1.82) is 0 Å². The van der Waals surface area contributed by atoms with Gasteiger partial charge >= 0.3 is 0 Å². The van der Waals surface area contributed by atoms with E-state index < -0.39 is 0 Å². The maximum absolute atomic E-state index is 4.31. The Hall–Kier alpha value is -2.54. The van der Waals surface area contributed by atoms with Crippen LogP contribution in [0, 0.1) is 20.8 Å². The quantitative estimate of drug-likeness (QED) is 0.604. The highest BCUT2D eigenvalue weighted by molar-refractivity contribution is 5.69. The van der Waals surface area contributed by atoms with Crippen LogP contribution < -0.4 is 4.90 Å². The van der Waals surface area contributed by atoms with Gasteiger partial charge in [-0.2, -0.15) is 0 Å². The molecule has 124 valence electrons. The van der Waals surface area contributed by atoms with Crippen LogP contribution in [0.5, 0.6) is 0 Å². The Labute approximate surface area is 146 Å². The molecule has 0 atom stereocenters. The number of hydrogen-bond acceptors (Lipinski definition) is 1. The van der Waals surface area contributed by atoms with E-state index in [1.165, 1.54) is 28.0 Å². The summed E-state index contributed by atoms with van der Waals surface area (Å²) in [6.07, 6.45) is 15.3. The van der Waals surface area contributed by atoms with Gasteiger partial charge in [0.25, 0.3) is 0 Å². The minimum atomic E-state index is 0.865. The van der Waals surface area contributed by atoms with Gasteiger partial charge < -0.3 is 4.90 Å². The molecule has 0 spiro atoms. The van der Waals surface area contributed by atoms with E-state index in [2.05, 4.69) is 94.3 Å². The van der Waals surface area contributed by atoms with Crippen molar-refractivity contribution in [3.05, 3.63) is 101 Å². The molecule has 24 heavy (non-hydrogen) atoms. The van der Waals surface area contributed by atoms with Crippen LogP contribution in [0.15, 0.2) is 84.8 Å². The summed E-state index contributed by atoms with van der Waals surface area (Å²) in [5.41, 5.74) is 8.44. The van der Waals surface area contributed by atoms with Crippen LogP contribution in [-0.2, 0) is 0 Å². The van der Waals surface area contributed by atoms with Gasteiger partial charge in [-0.15, -0.1) is 0 Å². The monoisotopic (exact) mass is 317 g/mol. The molecule has 0 unspecified atom stereocenters. The lowest BCUT2D eigenvalue weighted by Crippen LogP contribution is -2.23. The maximum Gasteiger partial charge on any atom is 0.0493 e. The molecule has 1 heterocycles. The van der Waals surface area contributed by atoms with E-state index in [0.717, 1.165) is 17.8 Å². The van der Waals surface area contributed by atoms with Crippen LogP contribution in [0.3, 0.4) is 0 Å². The van der Waals surface area contributed by atoms with Crippen LogP contribution in [-0.4, -0.2) is 0 Å². The Kier molecular flexibility index (Phi) is 5.81. The van der Waals surface area contributed by atoms with E-state index >= 15 is 0 Å². The molecule has 0 radical (unpaired) electrons. The number of rotatable bonds is 2. The summed E-state index contributed by atoms with van der Waals surface area (Å²) in [5, 5.41) is 0. The predicted molar refractivity (Wildman–Crippen MR) is 107 cm³/mol. The second-order valence-electron chi connectivity index (χ2n) is 6.07. The Balaban J connectivity index is 2.70. The maximum atomic E-state index is 4.31. The molecule has 1 aliphatic heterocycles. The SMILES string of the molecule is C=C/C=C1/C/C=C\C=C/C(=C)N(c2ccc(C)c(C)c2C)/C1=C/C. The van der Waals surface area contributed by atoms with Crippen LogP contribution in [0.1, 0.15) is 30.0 Å². The topological polar surface area (TPSA) is 3.24 Å². The fourth-order valence-electron chi connectivity index (χ4n) is 3.00. The van der Waals surface area contributed by atoms with Gasteiger partial charge in [-0.3, -0.25) is 0 Å². The molecular weight excluding hydrogens is 290 g/mol. The molecular formula is C23H27N. The van der Waals surface area contributed by atoms with Crippen molar-refractivity contribution in [2.75, 3.05) is 4.90 Å². The molecule has 0 fully saturated rings. The molecule has 0 amide bonds. The van der Waals surface area contributed by atoms with Crippen molar-refractivity contribution >= 4 is 5.69 Å². The number of allylic oxidation sites excluding steroid dienone is 8. The highest BCUT2D eigenvalue weighted by Crippen LogP contribution is 2.35. The summed E-state index contributed by atoms with van der Waals surface area (Å²) in [6, 6.07) is 4.38. The lowest BCUT2D eigenvalue weighted by molar-refractivity contribution is 1.05. The first kappa shape index (κ1) is 17.8. The van der Waals surface area contributed by atoms with E-state index in [1.807, 2.05) is 6.08 Å². The number of benzene rings is 1. The van der Waals surface area contributed by atoms with E-state index in [1.54, 1.807) is 0 Å². The standard InChI is InChI=1S/C23H27N/c1-7-12-21-14-11-9-10-13-18(4)24(22(21)8-2)23-16-15-17(3)19(5)20(23)6/h7-13,15-16H,1,4,14H2,2-3,5-6H3/b11-9-,13-10-,21-12-,22-8+. The van der Waals surface area contributed by atoms with E-state index in [4.69, 9.17) is 0 Å². The second kappa shape index (κ2) is 7.83. The Morgan fingerprint density at radius 2 is 1.83 bits per heavy atom. The van der Waals surface area contributed by atoms with Crippen LogP contribution in [0.4, 0.5) is 5.69 Å². The van der Waals surface area contributed by atoms with Gasteiger partial charge in [0.15, 0.2) is 0 Å². The van der Waals surface area contributed by atoms with Gasteiger partial charge in [-0.05, 0) is 68.5 Å². The summed E-state index contributed by atoms with van der Waals surface area (Å²) in [7, 11) is 0. The molecule has 1 aromatic rings. The molecule has 1 nitrogen and oxygen atoms in total. The summed E-state index contributed by atoms with van der Waals surface area (Å²) in [5.74, 6) is 0. The fourth-order valence-corrected chi connectivity index (χ4v) is 3.00. The zero-order chi connectivity index (χ0) is 17.7. The predicted octanol–water partition coefficient (Wildman–Crippen LogP) is 6.46. The number of nitrogens with zero attached hydrogens (tertiary/aromatic N) is 1. The van der Waals surface area contributed by atoms with Crippen LogP contribution >= 0.6 is 0 Å². The molecule has 0 aromatic heterocycles. The van der Waals surface area contributed by atoms with Crippen LogP contribution in [0.2, 0.25) is 0 Å². The first-order valence-electron chi connectivity index (χ1n) is 8.38. The van der Waals surface area contributed by atoms with Crippen molar-refractivity contribution in [2.45, 2.75) is 34.1 Å². The molecule has 0 N–H and O–H groups in total. The van der Waals surface area contributed by atoms with Crippen molar-refractivity contribution in [1.82, 2.24) is 0 Å². The first-order valence-corrected chi connectivity index (χ1v) is 8.38. The first-order chi connectivity index (χ1) is 11.5. The number of anilines is 1. The third kappa shape index (κ3) is 3.51.